The Bertz CT molecular complexity index is 351. The lowest BCUT2D eigenvalue weighted by molar-refractivity contribution is 0.0754. The molecule has 1 aliphatic carbocycles. The highest BCUT2D eigenvalue weighted by molar-refractivity contribution is 4.98. The molecule has 6 unspecified atom stereocenters. The van der Waals surface area contributed by atoms with E-state index in [0.717, 1.165) is 41.4 Å². The van der Waals surface area contributed by atoms with Crippen LogP contribution in [-0.2, 0) is 0 Å². The Balaban J connectivity index is 2.76. The molecule has 0 heteroatoms. The van der Waals surface area contributed by atoms with Crippen molar-refractivity contribution in [1.82, 2.24) is 0 Å². The van der Waals surface area contributed by atoms with E-state index in [-0.39, 0.29) is 0 Å². The largest absolute Gasteiger partial charge is 0.0654 e. The van der Waals surface area contributed by atoms with E-state index in [4.69, 9.17) is 0 Å². The zero-order chi connectivity index (χ0) is 19.2. The van der Waals surface area contributed by atoms with Crippen LogP contribution in [0.2, 0.25) is 0 Å². The molecule has 0 N–H and O–H groups in total. The maximum absolute atomic E-state index is 2.59. The average Bonchev–Trinajstić information content (AvgIpc) is 3.21. The molecule has 0 radical (unpaired) electrons. The Labute approximate surface area is 160 Å². The molecule has 0 spiro atoms. The summed E-state index contributed by atoms with van der Waals surface area (Å²) in [6, 6.07) is 0. The highest BCUT2D eigenvalue weighted by Crippen LogP contribution is 2.56. The summed E-state index contributed by atoms with van der Waals surface area (Å²) < 4.78 is 0. The van der Waals surface area contributed by atoms with E-state index in [0.29, 0.717) is 5.41 Å². The van der Waals surface area contributed by atoms with Gasteiger partial charge in [-0.1, -0.05) is 101 Å². The third-order valence-corrected chi connectivity index (χ3v) is 8.37. The predicted molar refractivity (Wildman–Crippen MR) is 115 cm³/mol. The first-order valence-electron chi connectivity index (χ1n) is 11.8. The monoisotopic (exact) mass is 350 g/mol. The molecule has 6 atom stereocenters. The van der Waals surface area contributed by atoms with Crippen LogP contribution in [0.4, 0.5) is 0 Å². The maximum Gasteiger partial charge on any atom is -0.0274 e. The first-order chi connectivity index (χ1) is 11.8. The second-order valence-corrected chi connectivity index (χ2v) is 10.1. The van der Waals surface area contributed by atoms with Crippen LogP contribution in [-0.4, -0.2) is 0 Å². The van der Waals surface area contributed by atoms with Crippen molar-refractivity contribution in [3.63, 3.8) is 0 Å². The van der Waals surface area contributed by atoms with E-state index in [1.54, 1.807) is 0 Å². The van der Waals surface area contributed by atoms with Crippen LogP contribution >= 0.6 is 0 Å². The van der Waals surface area contributed by atoms with Gasteiger partial charge < -0.3 is 0 Å². The molecular formula is C25H50. The molecular weight excluding hydrogens is 300 g/mol. The van der Waals surface area contributed by atoms with E-state index in [1.165, 1.54) is 51.4 Å². The summed E-state index contributed by atoms with van der Waals surface area (Å²) in [5, 5.41) is 0. The van der Waals surface area contributed by atoms with Gasteiger partial charge in [-0.25, -0.2) is 0 Å². The fraction of sp³-hybridized carbons (Fsp3) is 1.00. The smallest absolute Gasteiger partial charge is 0.0274 e. The van der Waals surface area contributed by atoms with Gasteiger partial charge in [-0.3, -0.25) is 0 Å². The molecule has 0 bridgehead atoms. The lowest BCUT2D eigenvalue weighted by Crippen LogP contribution is -2.33. The maximum atomic E-state index is 2.59. The van der Waals surface area contributed by atoms with Crippen molar-refractivity contribution in [2.24, 2.45) is 46.8 Å². The summed E-state index contributed by atoms with van der Waals surface area (Å²) in [5.74, 6) is 6.57. The van der Waals surface area contributed by atoms with Crippen molar-refractivity contribution in [2.45, 2.75) is 114 Å². The second kappa shape index (κ2) is 10.4. The summed E-state index contributed by atoms with van der Waals surface area (Å²) >= 11 is 0. The predicted octanol–water partition coefficient (Wildman–Crippen LogP) is 8.60. The zero-order valence-corrected chi connectivity index (χ0v) is 19.2. The molecule has 1 fully saturated rings. The van der Waals surface area contributed by atoms with E-state index in [9.17, 15) is 0 Å². The summed E-state index contributed by atoms with van der Waals surface area (Å²) in [5.41, 5.74) is 0.566. The molecule has 1 aliphatic rings. The summed E-state index contributed by atoms with van der Waals surface area (Å²) in [4.78, 5) is 0. The molecule has 0 amide bonds. The van der Waals surface area contributed by atoms with Gasteiger partial charge in [0.05, 0.1) is 0 Å². The van der Waals surface area contributed by atoms with Gasteiger partial charge in [0.15, 0.2) is 0 Å². The number of rotatable bonds is 13. The third-order valence-electron chi connectivity index (χ3n) is 8.37. The summed E-state index contributed by atoms with van der Waals surface area (Å²) in [6.45, 7) is 22.2. The van der Waals surface area contributed by atoms with Gasteiger partial charge in [0, 0.05) is 0 Å². The van der Waals surface area contributed by atoms with Gasteiger partial charge in [0.2, 0.25) is 0 Å². The highest BCUT2D eigenvalue weighted by atomic mass is 14.5. The molecule has 0 aromatic carbocycles. The van der Waals surface area contributed by atoms with Crippen molar-refractivity contribution in [3.05, 3.63) is 0 Å². The van der Waals surface area contributed by atoms with Gasteiger partial charge in [-0.05, 0) is 59.7 Å². The van der Waals surface area contributed by atoms with Gasteiger partial charge in [-0.15, -0.1) is 0 Å². The molecule has 0 aliphatic heterocycles. The highest BCUT2D eigenvalue weighted by Gasteiger charge is 2.49. The van der Waals surface area contributed by atoms with Crippen LogP contribution in [0.3, 0.4) is 0 Å². The Kier molecular flexibility index (Phi) is 9.55. The number of hydrogen-bond donors (Lipinski definition) is 0. The standard InChI is InChI=1S/C25H50/c1-10-14-22(18(5)6)17-25(12-3,13-4)20(8)16-19(7)24-21(9)23(24)15-11-2/h18-24H,10-17H2,1-9H3. The van der Waals surface area contributed by atoms with Crippen LogP contribution in [0.25, 0.3) is 0 Å². The molecule has 0 saturated heterocycles. The minimum Gasteiger partial charge on any atom is -0.0654 e. The van der Waals surface area contributed by atoms with Crippen molar-refractivity contribution in [1.29, 1.82) is 0 Å². The quantitative estimate of drug-likeness (QED) is 0.312. The summed E-state index contributed by atoms with van der Waals surface area (Å²) in [6.07, 6.45) is 11.2. The van der Waals surface area contributed by atoms with Crippen molar-refractivity contribution >= 4 is 0 Å². The topological polar surface area (TPSA) is 0 Å². The Morgan fingerprint density at radius 1 is 0.880 bits per heavy atom. The molecule has 1 saturated carbocycles. The van der Waals surface area contributed by atoms with Crippen LogP contribution in [0, 0.1) is 46.8 Å². The zero-order valence-electron chi connectivity index (χ0n) is 19.2. The van der Waals surface area contributed by atoms with E-state index >= 15 is 0 Å². The van der Waals surface area contributed by atoms with Crippen LogP contribution in [0.5, 0.6) is 0 Å². The molecule has 0 aromatic heterocycles. The molecule has 0 nitrogen and oxygen atoms in total. The first kappa shape index (κ1) is 23.0. The van der Waals surface area contributed by atoms with E-state index in [2.05, 4.69) is 62.3 Å². The molecule has 0 aromatic rings. The van der Waals surface area contributed by atoms with Crippen molar-refractivity contribution in [3.8, 4) is 0 Å². The molecule has 0 heterocycles. The van der Waals surface area contributed by atoms with Crippen molar-refractivity contribution in [2.75, 3.05) is 0 Å². The minimum absolute atomic E-state index is 0.566. The van der Waals surface area contributed by atoms with Crippen LogP contribution in [0.1, 0.15) is 114 Å². The fourth-order valence-electron chi connectivity index (χ4n) is 6.27. The molecule has 25 heavy (non-hydrogen) atoms. The molecule has 1 rings (SSSR count). The lowest BCUT2D eigenvalue weighted by Gasteiger charge is -2.43. The third kappa shape index (κ3) is 5.74. The fourth-order valence-corrected chi connectivity index (χ4v) is 6.27. The minimum atomic E-state index is 0.566. The van der Waals surface area contributed by atoms with Gasteiger partial charge in [0.25, 0.3) is 0 Å². The molecule has 150 valence electrons. The Morgan fingerprint density at radius 3 is 1.92 bits per heavy atom. The van der Waals surface area contributed by atoms with Gasteiger partial charge >= 0.3 is 0 Å². The SMILES string of the molecule is CCCC(CC(CC)(CC)C(C)CC(C)C1C(C)C1CCC)C(C)C. The van der Waals surface area contributed by atoms with E-state index in [1.807, 2.05) is 0 Å². The van der Waals surface area contributed by atoms with Crippen LogP contribution in [0.15, 0.2) is 0 Å². The first-order valence-corrected chi connectivity index (χ1v) is 11.8. The van der Waals surface area contributed by atoms with E-state index < -0.39 is 0 Å². The van der Waals surface area contributed by atoms with Crippen molar-refractivity contribution < 1.29 is 0 Å². The number of hydrogen-bond acceptors (Lipinski definition) is 0. The second-order valence-electron chi connectivity index (χ2n) is 10.1. The Hall–Kier alpha value is 0. The Morgan fingerprint density at radius 2 is 1.48 bits per heavy atom. The summed E-state index contributed by atoms with van der Waals surface area (Å²) in [7, 11) is 0. The van der Waals surface area contributed by atoms with Crippen LogP contribution < -0.4 is 0 Å². The average molecular weight is 351 g/mol. The lowest BCUT2D eigenvalue weighted by atomic mass is 9.62. The normalized spacial score (nSPS) is 27.4. The van der Waals surface area contributed by atoms with Gasteiger partial charge in [0.1, 0.15) is 0 Å². The van der Waals surface area contributed by atoms with Gasteiger partial charge in [-0.2, -0.15) is 0 Å².